The first-order valence-corrected chi connectivity index (χ1v) is 10.3. The Kier molecular flexibility index (Phi) is 4.35. The summed E-state index contributed by atoms with van der Waals surface area (Å²) in [6.45, 7) is 6.72. The van der Waals surface area contributed by atoms with Crippen LogP contribution in [0.2, 0.25) is 0 Å². The Morgan fingerprint density at radius 2 is 1.67 bits per heavy atom. The van der Waals surface area contributed by atoms with E-state index < -0.39 is 0 Å². The fourth-order valence-electron chi connectivity index (χ4n) is 4.02. The van der Waals surface area contributed by atoms with Crippen LogP contribution in [0.5, 0.6) is 0 Å². The molecule has 0 atom stereocenters. The molecule has 0 N–H and O–H groups in total. The summed E-state index contributed by atoms with van der Waals surface area (Å²) < 4.78 is 3.73. The number of unbranched alkanes of at least 4 members (excludes halogenated alkanes) is 1. The van der Waals surface area contributed by atoms with Crippen molar-refractivity contribution in [3.05, 3.63) is 70.3 Å². The third kappa shape index (κ3) is 2.79. The molecule has 0 fully saturated rings. The van der Waals surface area contributed by atoms with Gasteiger partial charge in [-0.2, -0.15) is 0 Å². The standard InChI is InChI=1S/C24H23N5O/c1-4-5-13-28-16(3)25-22-20(24(28)30)21-23(27-19-12-7-6-11-18(19)26-21)29(22)17-10-8-9-15(2)14-17/h6-12,14H,4-5,13H2,1-3H3. The van der Waals surface area contributed by atoms with Gasteiger partial charge >= 0.3 is 0 Å². The van der Waals surface area contributed by atoms with E-state index in [-0.39, 0.29) is 5.56 Å². The highest BCUT2D eigenvalue weighted by atomic mass is 16.1. The molecule has 0 radical (unpaired) electrons. The molecule has 5 rings (SSSR count). The predicted molar refractivity (Wildman–Crippen MR) is 120 cm³/mol. The zero-order chi connectivity index (χ0) is 20.8. The summed E-state index contributed by atoms with van der Waals surface area (Å²) in [4.78, 5) is 28.2. The molecule has 6 heteroatoms. The number of aromatic nitrogens is 5. The lowest BCUT2D eigenvalue weighted by molar-refractivity contribution is 0.591. The molecule has 0 amide bonds. The van der Waals surface area contributed by atoms with Gasteiger partial charge in [0.1, 0.15) is 16.7 Å². The molecule has 3 heterocycles. The van der Waals surface area contributed by atoms with Gasteiger partial charge in [-0.3, -0.25) is 13.9 Å². The molecular weight excluding hydrogens is 374 g/mol. The summed E-state index contributed by atoms with van der Waals surface area (Å²) in [5, 5.41) is 0.534. The van der Waals surface area contributed by atoms with Gasteiger partial charge in [-0.1, -0.05) is 37.6 Å². The van der Waals surface area contributed by atoms with Gasteiger partial charge in [0.2, 0.25) is 0 Å². The van der Waals surface area contributed by atoms with Crippen LogP contribution in [0.1, 0.15) is 31.2 Å². The number of nitrogens with zero attached hydrogens (tertiary/aromatic N) is 5. The summed E-state index contributed by atoms with van der Waals surface area (Å²) in [6.07, 6.45) is 1.94. The van der Waals surface area contributed by atoms with E-state index in [9.17, 15) is 4.79 Å². The third-order valence-corrected chi connectivity index (χ3v) is 5.55. The van der Waals surface area contributed by atoms with Crippen LogP contribution in [0.25, 0.3) is 38.9 Å². The van der Waals surface area contributed by atoms with Crippen LogP contribution in [0, 0.1) is 13.8 Å². The van der Waals surface area contributed by atoms with Gasteiger partial charge in [-0.15, -0.1) is 0 Å². The van der Waals surface area contributed by atoms with Crippen LogP contribution in [0.3, 0.4) is 0 Å². The van der Waals surface area contributed by atoms with E-state index >= 15 is 0 Å². The van der Waals surface area contributed by atoms with E-state index in [1.165, 1.54) is 0 Å². The molecule has 0 spiro atoms. The fraction of sp³-hybridized carbons (Fsp3) is 0.250. The Morgan fingerprint density at radius 1 is 0.900 bits per heavy atom. The monoisotopic (exact) mass is 397 g/mol. The van der Waals surface area contributed by atoms with Gasteiger partial charge < -0.3 is 0 Å². The van der Waals surface area contributed by atoms with Crippen molar-refractivity contribution in [3.63, 3.8) is 0 Å². The lowest BCUT2D eigenvalue weighted by atomic mass is 10.2. The van der Waals surface area contributed by atoms with Crippen LogP contribution in [-0.2, 0) is 6.54 Å². The van der Waals surface area contributed by atoms with Crippen molar-refractivity contribution in [1.29, 1.82) is 0 Å². The van der Waals surface area contributed by atoms with Gasteiger partial charge in [-0.25, -0.2) is 15.0 Å². The quantitative estimate of drug-likeness (QED) is 0.441. The van der Waals surface area contributed by atoms with E-state index in [2.05, 4.69) is 26.0 Å². The Morgan fingerprint density at radius 3 is 2.40 bits per heavy atom. The Balaban J connectivity index is 1.98. The average molecular weight is 397 g/mol. The van der Waals surface area contributed by atoms with Crippen LogP contribution in [0.15, 0.2) is 53.3 Å². The molecule has 0 saturated heterocycles. The molecule has 0 bridgehead atoms. The molecule has 30 heavy (non-hydrogen) atoms. The Labute approximate surface area is 173 Å². The second kappa shape index (κ2) is 7.06. The largest absolute Gasteiger partial charge is 0.296 e. The molecule has 0 aliphatic carbocycles. The first kappa shape index (κ1) is 18.5. The molecule has 150 valence electrons. The van der Waals surface area contributed by atoms with Crippen molar-refractivity contribution in [2.45, 2.75) is 40.2 Å². The molecular formula is C24H23N5O. The minimum absolute atomic E-state index is 0.0491. The van der Waals surface area contributed by atoms with Gasteiger partial charge in [0.05, 0.1) is 11.0 Å². The van der Waals surface area contributed by atoms with Gasteiger partial charge in [-0.05, 0) is 50.1 Å². The average Bonchev–Trinajstić information content (AvgIpc) is 3.04. The maximum absolute atomic E-state index is 13.6. The van der Waals surface area contributed by atoms with Crippen molar-refractivity contribution in [2.24, 2.45) is 0 Å². The summed E-state index contributed by atoms with van der Waals surface area (Å²) >= 11 is 0. The second-order valence-corrected chi connectivity index (χ2v) is 7.73. The first-order chi connectivity index (χ1) is 14.6. The van der Waals surface area contributed by atoms with E-state index in [1.807, 2.05) is 47.9 Å². The lowest BCUT2D eigenvalue weighted by Crippen LogP contribution is -2.24. The number of hydrogen-bond acceptors (Lipinski definition) is 4. The maximum Gasteiger partial charge on any atom is 0.265 e. The van der Waals surface area contributed by atoms with Crippen LogP contribution >= 0.6 is 0 Å². The summed E-state index contributed by atoms with van der Waals surface area (Å²) in [7, 11) is 0. The zero-order valence-electron chi connectivity index (χ0n) is 17.4. The number of benzene rings is 2. The topological polar surface area (TPSA) is 65.6 Å². The minimum Gasteiger partial charge on any atom is -0.296 e. The van der Waals surface area contributed by atoms with E-state index in [0.29, 0.717) is 34.6 Å². The molecule has 5 aromatic rings. The van der Waals surface area contributed by atoms with Gasteiger partial charge in [0.25, 0.3) is 5.56 Å². The van der Waals surface area contributed by atoms with E-state index in [1.54, 1.807) is 4.57 Å². The molecule has 0 saturated carbocycles. The lowest BCUT2D eigenvalue weighted by Gasteiger charge is -2.10. The zero-order valence-corrected chi connectivity index (χ0v) is 17.4. The van der Waals surface area contributed by atoms with Gasteiger partial charge in [0, 0.05) is 12.2 Å². The number of aryl methyl sites for hydroxylation is 2. The van der Waals surface area contributed by atoms with Crippen LogP contribution < -0.4 is 5.56 Å². The van der Waals surface area contributed by atoms with Gasteiger partial charge in [0.15, 0.2) is 11.3 Å². The highest BCUT2D eigenvalue weighted by Gasteiger charge is 2.22. The Hall–Kier alpha value is -3.54. The van der Waals surface area contributed by atoms with Crippen LogP contribution in [-0.4, -0.2) is 24.1 Å². The second-order valence-electron chi connectivity index (χ2n) is 7.73. The summed E-state index contributed by atoms with van der Waals surface area (Å²) in [5.74, 6) is 0.710. The highest BCUT2D eigenvalue weighted by Crippen LogP contribution is 2.29. The maximum atomic E-state index is 13.6. The van der Waals surface area contributed by atoms with Crippen molar-refractivity contribution in [3.8, 4) is 5.69 Å². The van der Waals surface area contributed by atoms with Crippen molar-refractivity contribution in [2.75, 3.05) is 0 Å². The van der Waals surface area contributed by atoms with Crippen molar-refractivity contribution in [1.82, 2.24) is 24.1 Å². The molecule has 6 nitrogen and oxygen atoms in total. The molecule has 2 aromatic carbocycles. The number of para-hydroxylation sites is 2. The molecule has 0 aliphatic rings. The third-order valence-electron chi connectivity index (χ3n) is 5.55. The summed E-state index contributed by atoms with van der Waals surface area (Å²) in [5.41, 5.74) is 5.45. The van der Waals surface area contributed by atoms with E-state index in [0.717, 1.165) is 35.1 Å². The molecule has 0 aliphatic heterocycles. The first-order valence-electron chi connectivity index (χ1n) is 10.3. The smallest absolute Gasteiger partial charge is 0.265 e. The SMILES string of the molecule is CCCCn1c(C)nc2c(c1=O)c1nc3ccccc3nc1n2-c1cccc(C)c1. The fourth-order valence-corrected chi connectivity index (χ4v) is 4.02. The number of fused-ring (bicyclic) bond motifs is 4. The number of rotatable bonds is 4. The van der Waals surface area contributed by atoms with Crippen molar-refractivity contribution >= 4 is 33.2 Å². The van der Waals surface area contributed by atoms with Crippen molar-refractivity contribution < 1.29 is 0 Å². The Bertz CT molecular complexity index is 1480. The normalized spacial score (nSPS) is 11.7. The predicted octanol–water partition coefficient (Wildman–Crippen LogP) is 4.70. The molecule has 0 unspecified atom stereocenters. The van der Waals surface area contributed by atoms with Crippen LogP contribution in [0.4, 0.5) is 0 Å². The summed E-state index contributed by atoms with van der Waals surface area (Å²) in [6, 6.07) is 15.9. The minimum atomic E-state index is -0.0491. The molecule has 3 aromatic heterocycles. The highest BCUT2D eigenvalue weighted by molar-refractivity contribution is 6.05. The number of hydrogen-bond donors (Lipinski definition) is 0. The van der Waals surface area contributed by atoms with E-state index in [4.69, 9.17) is 15.0 Å².